The molecule has 0 aliphatic carbocycles. The molecule has 3 rings (SSSR count). The van der Waals surface area contributed by atoms with Crippen molar-refractivity contribution in [3.63, 3.8) is 0 Å². The Kier molecular flexibility index (Phi) is 6.17. The Morgan fingerprint density at radius 2 is 1.74 bits per heavy atom. The number of benzene rings is 2. The van der Waals surface area contributed by atoms with Crippen LogP contribution in [0.3, 0.4) is 0 Å². The van der Waals surface area contributed by atoms with Crippen LogP contribution in [0, 0.1) is 19.8 Å². The molecule has 2 amide bonds. The minimum atomic E-state index is -0.0514. The minimum absolute atomic E-state index is 0.0495. The van der Waals surface area contributed by atoms with Gasteiger partial charge in [0.25, 0.3) is 0 Å². The predicted molar refractivity (Wildman–Crippen MR) is 109 cm³/mol. The van der Waals surface area contributed by atoms with Crippen molar-refractivity contribution in [2.45, 2.75) is 33.1 Å². The summed E-state index contributed by atoms with van der Waals surface area (Å²) in [6.45, 7) is 5.25. The van der Waals surface area contributed by atoms with Crippen molar-refractivity contribution in [3.8, 4) is 0 Å². The molecule has 0 atom stereocenters. The van der Waals surface area contributed by atoms with Gasteiger partial charge in [0.2, 0.25) is 11.8 Å². The zero-order valence-corrected chi connectivity index (χ0v) is 16.6. The van der Waals surface area contributed by atoms with Gasteiger partial charge in [0, 0.05) is 29.7 Å². The van der Waals surface area contributed by atoms with Crippen LogP contribution < -0.4 is 5.32 Å². The van der Waals surface area contributed by atoms with E-state index in [-0.39, 0.29) is 17.7 Å². The lowest BCUT2D eigenvalue weighted by Gasteiger charge is -2.31. The fraction of sp³-hybridized carbons (Fsp3) is 0.364. The van der Waals surface area contributed by atoms with Crippen LogP contribution >= 0.6 is 11.6 Å². The summed E-state index contributed by atoms with van der Waals surface area (Å²) in [5.74, 6) is 0.101. The van der Waals surface area contributed by atoms with Gasteiger partial charge in [-0.1, -0.05) is 35.9 Å². The van der Waals surface area contributed by atoms with Crippen molar-refractivity contribution in [1.29, 1.82) is 0 Å². The van der Waals surface area contributed by atoms with Gasteiger partial charge in [0.1, 0.15) is 0 Å². The zero-order valence-electron chi connectivity index (χ0n) is 15.8. The topological polar surface area (TPSA) is 49.4 Å². The Bertz CT molecular complexity index is 825. The van der Waals surface area contributed by atoms with E-state index < -0.39 is 0 Å². The van der Waals surface area contributed by atoms with E-state index in [2.05, 4.69) is 5.32 Å². The van der Waals surface area contributed by atoms with Crippen LogP contribution in [0.4, 0.5) is 5.69 Å². The van der Waals surface area contributed by atoms with Crippen LogP contribution in [0.1, 0.15) is 29.5 Å². The molecule has 1 N–H and O–H groups in total. The monoisotopic (exact) mass is 384 g/mol. The summed E-state index contributed by atoms with van der Waals surface area (Å²) in [5.41, 5.74) is 4.02. The van der Waals surface area contributed by atoms with E-state index in [1.807, 2.05) is 49.1 Å². The fourth-order valence-electron chi connectivity index (χ4n) is 3.39. The molecule has 1 fully saturated rings. The molecule has 1 heterocycles. The van der Waals surface area contributed by atoms with Gasteiger partial charge in [0.05, 0.1) is 6.42 Å². The Balaban J connectivity index is 1.52. The standard InChI is InChI=1S/C22H25ClN2O2/c1-15-3-4-16(2)20(13-15)24-22(27)18-9-11-25(12-10-18)21(26)14-17-5-7-19(23)8-6-17/h3-8,13,18H,9-12,14H2,1-2H3,(H,24,27). The number of anilines is 1. The van der Waals surface area contributed by atoms with Crippen molar-refractivity contribution in [3.05, 3.63) is 64.2 Å². The van der Waals surface area contributed by atoms with E-state index in [9.17, 15) is 9.59 Å². The second-order valence-electron chi connectivity index (χ2n) is 7.27. The maximum atomic E-state index is 12.6. The van der Waals surface area contributed by atoms with Gasteiger partial charge in [0.15, 0.2) is 0 Å². The van der Waals surface area contributed by atoms with Gasteiger partial charge in [-0.05, 0) is 61.6 Å². The Morgan fingerprint density at radius 3 is 2.41 bits per heavy atom. The molecule has 1 saturated heterocycles. The third-order valence-corrected chi connectivity index (χ3v) is 5.39. The molecule has 4 nitrogen and oxygen atoms in total. The lowest BCUT2D eigenvalue weighted by atomic mass is 9.95. The molecule has 1 aliphatic heterocycles. The molecule has 0 saturated carbocycles. The molecule has 27 heavy (non-hydrogen) atoms. The smallest absolute Gasteiger partial charge is 0.227 e. The summed E-state index contributed by atoms with van der Waals surface area (Å²) >= 11 is 5.89. The SMILES string of the molecule is Cc1ccc(C)c(NC(=O)C2CCN(C(=O)Cc3ccc(Cl)cc3)CC2)c1. The number of nitrogens with zero attached hydrogens (tertiary/aromatic N) is 1. The average Bonchev–Trinajstić information content (AvgIpc) is 2.66. The fourth-order valence-corrected chi connectivity index (χ4v) is 3.51. The van der Waals surface area contributed by atoms with E-state index in [0.29, 0.717) is 37.4 Å². The molecule has 0 aromatic heterocycles. The van der Waals surface area contributed by atoms with Crippen LogP contribution in [-0.4, -0.2) is 29.8 Å². The first-order chi connectivity index (χ1) is 12.9. The molecule has 0 bridgehead atoms. The summed E-state index contributed by atoms with van der Waals surface area (Å²) < 4.78 is 0. The van der Waals surface area contributed by atoms with Crippen LogP contribution in [-0.2, 0) is 16.0 Å². The van der Waals surface area contributed by atoms with Crippen molar-refractivity contribution in [1.82, 2.24) is 4.90 Å². The molecule has 0 spiro atoms. The number of hydrogen-bond acceptors (Lipinski definition) is 2. The van der Waals surface area contributed by atoms with E-state index in [1.165, 1.54) is 0 Å². The highest BCUT2D eigenvalue weighted by atomic mass is 35.5. The molecule has 5 heteroatoms. The lowest BCUT2D eigenvalue weighted by Crippen LogP contribution is -2.42. The second-order valence-corrected chi connectivity index (χ2v) is 7.70. The van der Waals surface area contributed by atoms with E-state index >= 15 is 0 Å². The third-order valence-electron chi connectivity index (χ3n) is 5.14. The van der Waals surface area contributed by atoms with E-state index in [4.69, 9.17) is 11.6 Å². The largest absolute Gasteiger partial charge is 0.342 e. The summed E-state index contributed by atoms with van der Waals surface area (Å²) in [6, 6.07) is 13.4. The normalized spacial score (nSPS) is 14.9. The Hall–Kier alpha value is -2.33. The number of aryl methyl sites for hydroxylation is 2. The maximum Gasteiger partial charge on any atom is 0.227 e. The summed E-state index contributed by atoms with van der Waals surface area (Å²) in [5, 5.41) is 3.72. The highest BCUT2D eigenvalue weighted by Gasteiger charge is 2.27. The Labute approximate surface area is 165 Å². The van der Waals surface area contributed by atoms with E-state index in [0.717, 1.165) is 22.4 Å². The number of likely N-dealkylation sites (tertiary alicyclic amines) is 1. The number of hydrogen-bond donors (Lipinski definition) is 1. The molecular weight excluding hydrogens is 360 g/mol. The maximum absolute atomic E-state index is 12.6. The summed E-state index contributed by atoms with van der Waals surface area (Å²) in [6.07, 6.45) is 1.77. The second kappa shape index (κ2) is 8.57. The Morgan fingerprint density at radius 1 is 1.07 bits per heavy atom. The number of amides is 2. The molecule has 1 aliphatic rings. The number of piperidine rings is 1. The first kappa shape index (κ1) is 19.4. The van der Waals surface area contributed by atoms with Gasteiger partial charge >= 0.3 is 0 Å². The number of carbonyl (C=O) groups is 2. The quantitative estimate of drug-likeness (QED) is 0.850. The van der Waals surface area contributed by atoms with Crippen molar-refractivity contribution < 1.29 is 9.59 Å². The first-order valence-electron chi connectivity index (χ1n) is 9.32. The van der Waals surface area contributed by atoms with E-state index in [1.54, 1.807) is 12.1 Å². The molecular formula is C22H25ClN2O2. The molecule has 142 valence electrons. The van der Waals surface area contributed by atoms with Crippen LogP contribution in [0.25, 0.3) is 0 Å². The zero-order chi connectivity index (χ0) is 19.4. The van der Waals surface area contributed by atoms with Crippen LogP contribution in [0.5, 0.6) is 0 Å². The predicted octanol–water partition coefficient (Wildman–Crippen LogP) is 4.38. The lowest BCUT2D eigenvalue weighted by molar-refractivity contribution is -0.133. The number of nitrogens with one attached hydrogen (secondary N) is 1. The van der Waals surface area contributed by atoms with Gasteiger partial charge in [-0.2, -0.15) is 0 Å². The summed E-state index contributed by atoms with van der Waals surface area (Å²) in [4.78, 5) is 27.0. The van der Waals surface area contributed by atoms with Crippen LogP contribution in [0.15, 0.2) is 42.5 Å². The van der Waals surface area contributed by atoms with Gasteiger partial charge < -0.3 is 10.2 Å². The first-order valence-corrected chi connectivity index (χ1v) is 9.70. The van der Waals surface area contributed by atoms with Crippen molar-refractivity contribution in [2.24, 2.45) is 5.92 Å². The van der Waals surface area contributed by atoms with Crippen LogP contribution in [0.2, 0.25) is 5.02 Å². The number of carbonyl (C=O) groups excluding carboxylic acids is 2. The van der Waals surface area contributed by atoms with Gasteiger partial charge in [-0.25, -0.2) is 0 Å². The van der Waals surface area contributed by atoms with Crippen molar-refractivity contribution >= 4 is 29.1 Å². The number of halogens is 1. The number of rotatable bonds is 4. The minimum Gasteiger partial charge on any atom is -0.342 e. The molecule has 0 radical (unpaired) electrons. The molecule has 0 unspecified atom stereocenters. The molecule has 2 aromatic rings. The highest BCUT2D eigenvalue weighted by Crippen LogP contribution is 2.22. The van der Waals surface area contributed by atoms with Crippen molar-refractivity contribution in [2.75, 3.05) is 18.4 Å². The molecule has 2 aromatic carbocycles. The average molecular weight is 385 g/mol. The van der Waals surface area contributed by atoms with Gasteiger partial charge in [-0.3, -0.25) is 9.59 Å². The summed E-state index contributed by atoms with van der Waals surface area (Å²) in [7, 11) is 0. The third kappa shape index (κ3) is 5.10. The highest BCUT2D eigenvalue weighted by molar-refractivity contribution is 6.30. The van der Waals surface area contributed by atoms with Gasteiger partial charge in [-0.15, -0.1) is 0 Å².